The van der Waals surface area contributed by atoms with Gasteiger partial charge in [-0.05, 0) is 57.1 Å². The summed E-state index contributed by atoms with van der Waals surface area (Å²) in [5, 5.41) is 5.98. The maximum absolute atomic E-state index is 12.4. The lowest BCUT2D eigenvalue weighted by Gasteiger charge is -2.24. The summed E-state index contributed by atoms with van der Waals surface area (Å²) in [4.78, 5) is 20.9. The minimum absolute atomic E-state index is 0.0707. The van der Waals surface area contributed by atoms with Crippen molar-refractivity contribution in [3.8, 4) is 0 Å². The maximum atomic E-state index is 12.4. The van der Waals surface area contributed by atoms with Gasteiger partial charge in [0.05, 0.1) is 17.2 Å². The lowest BCUT2D eigenvalue weighted by molar-refractivity contribution is 0.218. The summed E-state index contributed by atoms with van der Waals surface area (Å²) in [7, 11) is 0. The molecule has 132 valence electrons. The Balaban J connectivity index is 1.30. The Morgan fingerprint density at radius 2 is 2.12 bits per heavy atom. The minimum atomic E-state index is 0.0707. The van der Waals surface area contributed by atoms with Crippen LogP contribution in [0.5, 0.6) is 0 Å². The highest BCUT2D eigenvalue weighted by Crippen LogP contribution is 2.42. The molecule has 0 aromatic carbocycles. The zero-order valence-corrected chi connectivity index (χ0v) is 15.3. The van der Waals surface area contributed by atoms with E-state index in [9.17, 15) is 4.79 Å². The van der Waals surface area contributed by atoms with E-state index in [0.717, 1.165) is 56.9 Å². The van der Waals surface area contributed by atoms with Crippen LogP contribution < -0.4 is 5.56 Å². The second-order valence-electron chi connectivity index (χ2n) is 7.70. The van der Waals surface area contributed by atoms with Crippen LogP contribution in [0.4, 0.5) is 0 Å². The van der Waals surface area contributed by atoms with Gasteiger partial charge in [-0.25, -0.2) is 9.67 Å². The molecule has 1 saturated carbocycles. The highest BCUT2D eigenvalue weighted by atomic mass is 32.1. The fourth-order valence-corrected chi connectivity index (χ4v) is 5.31. The van der Waals surface area contributed by atoms with Crippen molar-refractivity contribution in [3.63, 3.8) is 0 Å². The topological polar surface area (TPSA) is 51.0 Å². The van der Waals surface area contributed by atoms with Crippen molar-refractivity contribution in [2.24, 2.45) is 0 Å². The predicted molar refractivity (Wildman–Crippen MR) is 98.0 cm³/mol. The lowest BCUT2D eigenvalue weighted by atomic mass is 10.2. The standard InChI is InChI=1S/C19H24N4OS/c24-18-9-14-3-1-5-17(14)21-23(18)11-15-4-2-8-22(15)12-16-10-20-19(25-16)13-6-7-13/h9-10,13,15H,1-8,11-12H2. The van der Waals surface area contributed by atoms with Gasteiger partial charge in [0.25, 0.3) is 5.56 Å². The van der Waals surface area contributed by atoms with Crippen LogP contribution in [0.1, 0.15) is 59.2 Å². The van der Waals surface area contributed by atoms with Crippen LogP contribution in [0.25, 0.3) is 0 Å². The third-order valence-electron chi connectivity index (χ3n) is 5.76. The largest absolute Gasteiger partial charge is 0.293 e. The highest BCUT2D eigenvalue weighted by molar-refractivity contribution is 7.11. The molecule has 1 atom stereocenters. The van der Waals surface area contributed by atoms with E-state index >= 15 is 0 Å². The molecule has 1 saturated heterocycles. The summed E-state index contributed by atoms with van der Waals surface area (Å²) in [5.41, 5.74) is 2.38. The first kappa shape index (κ1) is 15.7. The number of rotatable bonds is 5. The Bertz CT molecular complexity index is 838. The molecule has 3 aliphatic rings. The molecule has 5 rings (SSSR count). The molecule has 0 radical (unpaired) electrons. The number of nitrogens with zero attached hydrogens (tertiary/aromatic N) is 4. The van der Waals surface area contributed by atoms with E-state index in [0.29, 0.717) is 6.04 Å². The summed E-state index contributed by atoms with van der Waals surface area (Å²) < 4.78 is 1.72. The van der Waals surface area contributed by atoms with E-state index in [4.69, 9.17) is 0 Å². The Hall–Kier alpha value is -1.53. The van der Waals surface area contributed by atoms with Crippen LogP contribution in [0.3, 0.4) is 0 Å². The van der Waals surface area contributed by atoms with Crippen molar-refractivity contribution in [3.05, 3.63) is 43.8 Å². The van der Waals surface area contributed by atoms with Gasteiger partial charge in [0.1, 0.15) is 0 Å². The van der Waals surface area contributed by atoms with Crippen molar-refractivity contribution < 1.29 is 0 Å². The van der Waals surface area contributed by atoms with Crippen molar-refractivity contribution in [1.82, 2.24) is 19.7 Å². The molecule has 5 nitrogen and oxygen atoms in total. The second kappa shape index (κ2) is 6.32. The van der Waals surface area contributed by atoms with E-state index in [1.807, 2.05) is 17.4 Å². The van der Waals surface area contributed by atoms with Crippen LogP contribution in [0.15, 0.2) is 17.1 Å². The molecule has 2 fully saturated rings. The summed E-state index contributed by atoms with van der Waals surface area (Å²) in [5.74, 6) is 0.738. The Morgan fingerprint density at radius 3 is 3.00 bits per heavy atom. The van der Waals surface area contributed by atoms with Crippen molar-refractivity contribution in [1.29, 1.82) is 0 Å². The molecular weight excluding hydrogens is 332 g/mol. The summed E-state index contributed by atoms with van der Waals surface area (Å²) >= 11 is 1.88. The summed E-state index contributed by atoms with van der Waals surface area (Å²) in [6, 6.07) is 2.23. The van der Waals surface area contributed by atoms with Crippen LogP contribution in [0.2, 0.25) is 0 Å². The molecule has 0 N–H and O–H groups in total. The number of thiazole rings is 1. The van der Waals surface area contributed by atoms with Gasteiger partial charge in [-0.15, -0.1) is 11.3 Å². The van der Waals surface area contributed by atoms with Crippen LogP contribution >= 0.6 is 11.3 Å². The molecule has 2 aliphatic carbocycles. The van der Waals surface area contributed by atoms with Gasteiger partial charge in [-0.1, -0.05) is 0 Å². The third-order valence-corrected chi connectivity index (χ3v) is 6.91. The smallest absolute Gasteiger partial charge is 0.267 e. The van der Waals surface area contributed by atoms with Crippen molar-refractivity contribution >= 4 is 11.3 Å². The molecule has 3 heterocycles. The van der Waals surface area contributed by atoms with E-state index in [1.54, 1.807) is 4.68 Å². The maximum Gasteiger partial charge on any atom is 0.267 e. The molecule has 25 heavy (non-hydrogen) atoms. The third kappa shape index (κ3) is 3.17. The predicted octanol–water partition coefficient (Wildman–Crippen LogP) is 2.73. The number of aryl methyl sites for hydroxylation is 2. The number of aromatic nitrogens is 3. The van der Waals surface area contributed by atoms with E-state index in [1.165, 1.54) is 34.7 Å². The molecule has 0 bridgehead atoms. The van der Waals surface area contributed by atoms with Gasteiger partial charge in [-0.2, -0.15) is 5.10 Å². The first-order valence-corrected chi connectivity index (χ1v) is 10.4. The van der Waals surface area contributed by atoms with Crippen molar-refractivity contribution in [2.75, 3.05) is 6.54 Å². The van der Waals surface area contributed by atoms with E-state index in [-0.39, 0.29) is 5.56 Å². The molecule has 6 heteroatoms. The molecule has 1 aliphatic heterocycles. The molecule has 0 amide bonds. The molecule has 2 aromatic heterocycles. The fraction of sp³-hybridized carbons (Fsp3) is 0.632. The molecule has 2 aromatic rings. The number of likely N-dealkylation sites (tertiary alicyclic amines) is 1. The van der Waals surface area contributed by atoms with E-state index < -0.39 is 0 Å². The Kier molecular flexibility index (Phi) is 3.97. The van der Waals surface area contributed by atoms with Crippen LogP contribution in [-0.4, -0.2) is 32.3 Å². The van der Waals surface area contributed by atoms with E-state index in [2.05, 4.69) is 21.2 Å². The Labute approximate surface area is 151 Å². The zero-order chi connectivity index (χ0) is 16.8. The van der Waals surface area contributed by atoms with Crippen LogP contribution in [-0.2, 0) is 25.9 Å². The number of fused-ring (bicyclic) bond motifs is 1. The fourth-order valence-electron chi connectivity index (χ4n) is 4.19. The normalized spacial score (nSPS) is 23.3. The van der Waals surface area contributed by atoms with Gasteiger partial charge in [0.2, 0.25) is 0 Å². The quantitative estimate of drug-likeness (QED) is 0.827. The average molecular weight is 356 g/mol. The molecule has 0 spiro atoms. The SMILES string of the molecule is O=c1cc2c(nn1CC1CCCN1Cc1cnc(C3CC3)s1)CCC2. The minimum Gasteiger partial charge on any atom is -0.293 e. The Morgan fingerprint density at radius 1 is 1.20 bits per heavy atom. The van der Waals surface area contributed by atoms with Crippen LogP contribution in [0, 0.1) is 0 Å². The van der Waals surface area contributed by atoms with Gasteiger partial charge in [-0.3, -0.25) is 9.69 Å². The molecular formula is C19H24N4OS. The van der Waals surface area contributed by atoms with Gasteiger partial charge < -0.3 is 0 Å². The van der Waals surface area contributed by atoms with Gasteiger partial charge in [0.15, 0.2) is 0 Å². The molecule has 1 unspecified atom stereocenters. The average Bonchev–Trinajstić information content (AvgIpc) is 2.98. The zero-order valence-electron chi connectivity index (χ0n) is 14.5. The second-order valence-corrected chi connectivity index (χ2v) is 8.84. The lowest BCUT2D eigenvalue weighted by Crippen LogP contribution is -2.37. The summed E-state index contributed by atoms with van der Waals surface area (Å²) in [6.45, 7) is 2.80. The summed E-state index contributed by atoms with van der Waals surface area (Å²) in [6.07, 6.45) is 10.2. The first-order valence-electron chi connectivity index (χ1n) is 9.55. The van der Waals surface area contributed by atoms with Gasteiger partial charge >= 0.3 is 0 Å². The van der Waals surface area contributed by atoms with Crippen molar-refractivity contribution in [2.45, 2.75) is 70.0 Å². The number of hydrogen-bond donors (Lipinski definition) is 0. The number of hydrogen-bond acceptors (Lipinski definition) is 5. The highest BCUT2D eigenvalue weighted by Gasteiger charge is 2.29. The van der Waals surface area contributed by atoms with Gasteiger partial charge in [0, 0.05) is 35.6 Å². The monoisotopic (exact) mass is 356 g/mol. The first-order chi connectivity index (χ1) is 12.3.